The van der Waals surface area contributed by atoms with Crippen molar-refractivity contribution in [1.29, 1.82) is 0 Å². The average Bonchev–Trinajstić information content (AvgIpc) is 2.62. The van der Waals surface area contributed by atoms with Gasteiger partial charge in [0.2, 0.25) is 0 Å². The van der Waals surface area contributed by atoms with Crippen LogP contribution in [0.3, 0.4) is 0 Å². The zero-order chi connectivity index (χ0) is 16.6. The van der Waals surface area contributed by atoms with Crippen molar-refractivity contribution in [3.8, 4) is 0 Å². The van der Waals surface area contributed by atoms with Crippen LogP contribution in [-0.2, 0) is 28.4 Å². The van der Waals surface area contributed by atoms with Gasteiger partial charge in [0.15, 0.2) is 18.9 Å². The third kappa shape index (κ3) is 3.50. The van der Waals surface area contributed by atoms with Crippen molar-refractivity contribution in [1.82, 2.24) is 0 Å². The fourth-order valence-electron chi connectivity index (χ4n) is 4.22. The molecule has 0 aromatic carbocycles. The first-order valence-corrected chi connectivity index (χ1v) is 9.28. The van der Waals surface area contributed by atoms with Gasteiger partial charge < -0.3 is 28.4 Å². The van der Waals surface area contributed by atoms with Gasteiger partial charge in [-0.05, 0) is 39.5 Å². The fraction of sp³-hybridized carbons (Fsp3) is 1.00. The average molecular weight is 342 g/mol. The smallest absolute Gasteiger partial charge is 0.160 e. The third-order valence-corrected chi connectivity index (χ3v) is 6.08. The molecule has 4 aliphatic rings. The van der Waals surface area contributed by atoms with Crippen molar-refractivity contribution in [3.05, 3.63) is 0 Å². The predicted octanol–water partition coefficient (Wildman–Crippen LogP) is 2.31. The maximum atomic E-state index is 6.09. The van der Waals surface area contributed by atoms with E-state index >= 15 is 0 Å². The molecule has 0 amide bonds. The molecule has 1 aliphatic carbocycles. The van der Waals surface area contributed by atoms with Crippen molar-refractivity contribution in [3.63, 3.8) is 0 Å². The van der Waals surface area contributed by atoms with Crippen LogP contribution in [-0.4, -0.2) is 58.5 Å². The van der Waals surface area contributed by atoms with Crippen molar-refractivity contribution in [2.75, 3.05) is 39.6 Å². The Morgan fingerprint density at radius 1 is 0.583 bits per heavy atom. The summed E-state index contributed by atoms with van der Waals surface area (Å²) in [6.45, 7) is 8.18. The lowest BCUT2D eigenvalue weighted by Gasteiger charge is -2.48. The molecular formula is C18H30O6. The molecule has 6 nitrogen and oxygen atoms in total. The molecular weight excluding hydrogens is 312 g/mol. The lowest BCUT2D eigenvalue weighted by atomic mass is 9.70. The Morgan fingerprint density at radius 3 is 1.50 bits per heavy atom. The molecule has 4 rings (SSSR count). The highest BCUT2D eigenvalue weighted by molar-refractivity contribution is 4.90. The molecule has 3 heterocycles. The van der Waals surface area contributed by atoms with Crippen LogP contribution >= 0.6 is 0 Å². The number of hydrogen-bond donors (Lipinski definition) is 0. The topological polar surface area (TPSA) is 55.4 Å². The molecule has 2 spiro atoms. The molecule has 138 valence electrons. The maximum absolute atomic E-state index is 6.09. The van der Waals surface area contributed by atoms with E-state index in [1.165, 1.54) is 0 Å². The van der Waals surface area contributed by atoms with E-state index in [2.05, 4.69) is 0 Å². The van der Waals surface area contributed by atoms with Crippen LogP contribution in [0.1, 0.15) is 39.5 Å². The first-order chi connectivity index (χ1) is 11.6. The summed E-state index contributed by atoms with van der Waals surface area (Å²) in [6, 6.07) is 0. The second-order valence-corrected chi connectivity index (χ2v) is 8.21. The molecule has 0 atom stereocenters. The molecule has 4 fully saturated rings. The van der Waals surface area contributed by atoms with Crippen LogP contribution < -0.4 is 0 Å². The molecule has 3 saturated heterocycles. The van der Waals surface area contributed by atoms with Crippen LogP contribution in [0.5, 0.6) is 0 Å². The highest BCUT2D eigenvalue weighted by Gasteiger charge is 2.46. The second kappa shape index (κ2) is 6.82. The Kier molecular flexibility index (Phi) is 4.88. The van der Waals surface area contributed by atoms with Gasteiger partial charge in [-0.1, -0.05) is 0 Å². The summed E-state index contributed by atoms with van der Waals surface area (Å²) in [7, 11) is 0. The Labute approximate surface area is 144 Å². The molecule has 0 unspecified atom stereocenters. The minimum atomic E-state index is -0.125. The zero-order valence-corrected chi connectivity index (χ0v) is 14.8. The Morgan fingerprint density at radius 2 is 1.00 bits per heavy atom. The van der Waals surface area contributed by atoms with E-state index in [4.69, 9.17) is 28.4 Å². The van der Waals surface area contributed by atoms with Crippen molar-refractivity contribution in [2.45, 2.75) is 58.4 Å². The minimum absolute atomic E-state index is 0.0581. The van der Waals surface area contributed by atoms with E-state index in [0.29, 0.717) is 32.3 Å². The standard InChI is InChI=1S/C18H30O6/c1-13-19-7-17(8-20-13)5-3-15(4-6-17)16-23-11-18(12-24-16)9-21-14(2)22-10-18/h13-16H,3-12H2,1-2H3. The lowest BCUT2D eigenvalue weighted by Crippen LogP contribution is -2.53. The molecule has 0 aromatic rings. The van der Waals surface area contributed by atoms with Crippen LogP contribution in [0.2, 0.25) is 0 Å². The minimum Gasteiger partial charge on any atom is -0.352 e. The zero-order valence-electron chi connectivity index (χ0n) is 14.8. The number of hydrogen-bond acceptors (Lipinski definition) is 6. The summed E-state index contributed by atoms with van der Waals surface area (Å²) in [5, 5.41) is 0. The van der Waals surface area contributed by atoms with Gasteiger partial charge in [-0.3, -0.25) is 0 Å². The Hall–Kier alpha value is -0.240. The summed E-state index contributed by atoms with van der Waals surface area (Å²) < 4.78 is 34.9. The molecule has 24 heavy (non-hydrogen) atoms. The van der Waals surface area contributed by atoms with E-state index in [1.54, 1.807) is 0 Å². The first kappa shape index (κ1) is 17.2. The molecule has 3 aliphatic heterocycles. The number of rotatable bonds is 1. The quantitative estimate of drug-likeness (QED) is 0.729. The van der Waals surface area contributed by atoms with E-state index in [0.717, 1.165) is 38.9 Å². The van der Waals surface area contributed by atoms with Gasteiger partial charge in [0.05, 0.1) is 45.1 Å². The van der Waals surface area contributed by atoms with E-state index < -0.39 is 0 Å². The van der Waals surface area contributed by atoms with Gasteiger partial charge in [0, 0.05) is 11.3 Å². The normalized spacial score (nSPS) is 50.2. The molecule has 6 heteroatoms. The van der Waals surface area contributed by atoms with Crippen LogP contribution in [0, 0.1) is 16.7 Å². The molecule has 0 radical (unpaired) electrons. The summed E-state index contributed by atoms with van der Waals surface area (Å²) >= 11 is 0. The summed E-state index contributed by atoms with van der Waals surface area (Å²) in [5.74, 6) is 0.469. The van der Waals surface area contributed by atoms with Gasteiger partial charge in [0.25, 0.3) is 0 Å². The van der Waals surface area contributed by atoms with Gasteiger partial charge in [-0.25, -0.2) is 0 Å². The van der Waals surface area contributed by atoms with Crippen LogP contribution in [0.4, 0.5) is 0 Å². The summed E-state index contributed by atoms with van der Waals surface area (Å²) in [6.07, 6.45) is 4.22. The predicted molar refractivity (Wildman–Crippen MR) is 85.2 cm³/mol. The largest absolute Gasteiger partial charge is 0.352 e. The molecule has 0 N–H and O–H groups in total. The van der Waals surface area contributed by atoms with Crippen molar-refractivity contribution in [2.24, 2.45) is 16.7 Å². The van der Waals surface area contributed by atoms with Gasteiger partial charge in [0.1, 0.15) is 0 Å². The maximum Gasteiger partial charge on any atom is 0.160 e. The highest BCUT2D eigenvalue weighted by Crippen LogP contribution is 2.44. The van der Waals surface area contributed by atoms with Crippen LogP contribution in [0.25, 0.3) is 0 Å². The summed E-state index contributed by atoms with van der Waals surface area (Å²) in [4.78, 5) is 0. The lowest BCUT2D eigenvalue weighted by molar-refractivity contribution is -0.312. The monoisotopic (exact) mass is 342 g/mol. The molecule has 0 aromatic heterocycles. The fourth-order valence-corrected chi connectivity index (χ4v) is 4.22. The van der Waals surface area contributed by atoms with Crippen LogP contribution in [0.15, 0.2) is 0 Å². The van der Waals surface area contributed by atoms with E-state index in [1.807, 2.05) is 13.8 Å². The highest BCUT2D eigenvalue weighted by atomic mass is 16.7. The Bertz CT molecular complexity index is 365. The molecule has 1 saturated carbocycles. The number of ether oxygens (including phenoxy) is 6. The van der Waals surface area contributed by atoms with Gasteiger partial charge >= 0.3 is 0 Å². The summed E-state index contributed by atoms with van der Waals surface area (Å²) in [5.41, 5.74) is 0.0835. The van der Waals surface area contributed by atoms with Crippen molar-refractivity contribution >= 4 is 0 Å². The van der Waals surface area contributed by atoms with Gasteiger partial charge in [-0.15, -0.1) is 0 Å². The Balaban J connectivity index is 1.26. The third-order valence-electron chi connectivity index (χ3n) is 6.08. The second-order valence-electron chi connectivity index (χ2n) is 8.21. The van der Waals surface area contributed by atoms with E-state index in [9.17, 15) is 0 Å². The SMILES string of the molecule is CC1OCC2(CCC(C3OCC4(COC(C)OC4)CO3)CC2)CO1. The van der Waals surface area contributed by atoms with Crippen molar-refractivity contribution < 1.29 is 28.4 Å². The van der Waals surface area contributed by atoms with E-state index in [-0.39, 0.29) is 29.7 Å². The van der Waals surface area contributed by atoms with Gasteiger partial charge in [-0.2, -0.15) is 0 Å². The molecule has 0 bridgehead atoms. The first-order valence-electron chi connectivity index (χ1n) is 9.28.